The summed E-state index contributed by atoms with van der Waals surface area (Å²) in [6, 6.07) is 5.99. The molecule has 2 aromatic rings. The van der Waals surface area contributed by atoms with Crippen LogP contribution in [0.2, 0.25) is 0 Å². The number of benzene rings is 1. The highest BCUT2D eigenvalue weighted by Crippen LogP contribution is 2.32. The van der Waals surface area contributed by atoms with Gasteiger partial charge in [0.2, 0.25) is 10.0 Å². The van der Waals surface area contributed by atoms with Crippen molar-refractivity contribution in [2.24, 2.45) is 5.14 Å². The molecule has 9 heteroatoms. The van der Waals surface area contributed by atoms with Crippen LogP contribution in [0.5, 0.6) is 0 Å². The predicted octanol–water partition coefficient (Wildman–Crippen LogP) is 2.52. The van der Waals surface area contributed by atoms with Crippen LogP contribution in [0.1, 0.15) is 18.4 Å². The van der Waals surface area contributed by atoms with Crippen LogP contribution in [-0.4, -0.2) is 19.9 Å². The molecule has 7 nitrogen and oxygen atoms in total. The van der Waals surface area contributed by atoms with Crippen LogP contribution in [0.15, 0.2) is 39.9 Å². The molecule has 0 aliphatic heterocycles. The molecule has 1 aromatic heterocycles. The van der Waals surface area contributed by atoms with Gasteiger partial charge in [0.15, 0.2) is 4.90 Å². The first kappa shape index (κ1) is 16.4. The van der Waals surface area contributed by atoms with Crippen molar-refractivity contribution in [3.05, 3.63) is 50.7 Å². The van der Waals surface area contributed by atoms with E-state index in [1.165, 1.54) is 12.1 Å². The van der Waals surface area contributed by atoms with Crippen molar-refractivity contribution in [3.8, 4) is 0 Å². The lowest BCUT2D eigenvalue weighted by atomic mass is 10.1. The van der Waals surface area contributed by atoms with Crippen LogP contribution in [0, 0.1) is 10.1 Å². The normalized spacial score (nSPS) is 12.8. The highest BCUT2D eigenvalue weighted by Gasteiger charge is 2.26. The molecule has 118 valence electrons. The first-order chi connectivity index (χ1) is 10.3. The van der Waals surface area contributed by atoms with Gasteiger partial charge in [-0.25, -0.2) is 13.6 Å². The minimum atomic E-state index is -4.16. The van der Waals surface area contributed by atoms with E-state index in [4.69, 9.17) is 5.14 Å². The number of nitrogens with one attached hydrogen (secondary N) is 1. The molecule has 0 saturated heterocycles. The molecule has 0 radical (unpaired) electrons. The van der Waals surface area contributed by atoms with Gasteiger partial charge in [-0.2, -0.15) is 11.3 Å². The van der Waals surface area contributed by atoms with E-state index in [9.17, 15) is 18.5 Å². The van der Waals surface area contributed by atoms with E-state index in [0.29, 0.717) is 6.54 Å². The average molecular weight is 341 g/mol. The lowest BCUT2D eigenvalue weighted by Crippen LogP contribution is -2.16. The van der Waals surface area contributed by atoms with E-state index in [-0.39, 0.29) is 11.6 Å². The lowest BCUT2D eigenvalue weighted by molar-refractivity contribution is -0.386. The van der Waals surface area contributed by atoms with Crippen LogP contribution in [0.4, 0.5) is 11.4 Å². The summed E-state index contributed by atoms with van der Waals surface area (Å²) in [4.78, 5) is 9.98. The fourth-order valence-corrected chi connectivity index (χ4v) is 3.52. The van der Waals surface area contributed by atoms with E-state index in [0.717, 1.165) is 11.6 Å². The number of anilines is 1. The minimum absolute atomic E-state index is 0.129. The number of rotatable bonds is 6. The lowest BCUT2D eigenvalue weighted by Gasteiger charge is -2.13. The Morgan fingerprint density at radius 3 is 2.68 bits per heavy atom. The molecule has 0 fully saturated rings. The van der Waals surface area contributed by atoms with E-state index in [2.05, 4.69) is 5.32 Å². The summed E-state index contributed by atoms with van der Waals surface area (Å²) in [5.74, 6) is 0.129. The Balaban J connectivity index is 2.30. The Hall–Kier alpha value is -1.97. The second kappa shape index (κ2) is 6.42. The van der Waals surface area contributed by atoms with Crippen LogP contribution in [0.25, 0.3) is 0 Å². The van der Waals surface area contributed by atoms with Gasteiger partial charge in [-0.1, -0.05) is 13.0 Å². The average Bonchev–Trinajstić information content (AvgIpc) is 2.97. The summed E-state index contributed by atoms with van der Waals surface area (Å²) >= 11 is 1.57. The summed E-state index contributed by atoms with van der Waals surface area (Å²) in [5, 5.41) is 23.1. The summed E-state index contributed by atoms with van der Waals surface area (Å²) in [6.07, 6.45) is 0. The molecule has 0 spiro atoms. The van der Waals surface area contributed by atoms with Gasteiger partial charge < -0.3 is 5.32 Å². The summed E-state index contributed by atoms with van der Waals surface area (Å²) in [6.45, 7) is 2.41. The standard InChI is InChI=1S/C13H15N3O4S2/c1-9(10-5-6-21-8-10)7-15-11-3-2-4-12(22(14,19)20)13(11)16(17)18/h2-6,8-9,15H,7H2,1H3,(H2,14,19,20). The molecular formula is C13H15N3O4S2. The molecular weight excluding hydrogens is 326 g/mol. The fraction of sp³-hybridized carbons (Fsp3) is 0.231. The third-order valence-electron chi connectivity index (χ3n) is 3.20. The summed E-state index contributed by atoms with van der Waals surface area (Å²) in [7, 11) is -4.16. The topological polar surface area (TPSA) is 115 Å². The van der Waals surface area contributed by atoms with Crippen LogP contribution in [-0.2, 0) is 10.0 Å². The van der Waals surface area contributed by atoms with Crippen molar-refractivity contribution >= 4 is 32.7 Å². The molecule has 1 heterocycles. The number of nitro groups is 1. The van der Waals surface area contributed by atoms with Crippen molar-refractivity contribution < 1.29 is 13.3 Å². The van der Waals surface area contributed by atoms with E-state index in [1.54, 1.807) is 11.3 Å². The number of hydrogen-bond acceptors (Lipinski definition) is 6. The zero-order chi connectivity index (χ0) is 16.3. The molecule has 0 aliphatic rings. The highest BCUT2D eigenvalue weighted by atomic mass is 32.2. The van der Waals surface area contributed by atoms with E-state index in [1.807, 2.05) is 23.8 Å². The van der Waals surface area contributed by atoms with Gasteiger partial charge in [0.1, 0.15) is 5.69 Å². The largest absolute Gasteiger partial charge is 0.379 e. The van der Waals surface area contributed by atoms with E-state index < -0.39 is 25.5 Å². The second-order valence-corrected chi connectivity index (χ2v) is 7.10. The second-order valence-electron chi connectivity index (χ2n) is 4.79. The number of hydrogen-bond donors (Lipinski definition) is 2. The molecule has 22 heavy (non-hydrogen) atoms. The maximum atomic E-state index is 11.5. The van der Waals surface area contributed by atoms with Crippen LogP contribution < -0.4 is 10.5 Å². The molecule has 0 saturated carbocycles. The SMILES string of the molecule is CC(CNc1cccc(S(N)(=O)=O)c1[N+](=O)[O-])c1ccsc1. The number of nitrogens with zero attached hydrogens (tertiary/aromatic N) is 1. The molecule has 0 amide bonds. The van der Waals surface area contributed by atoms with Crippen molar-refractivity contribution in [1.82, 2.24) is 0 Å². The smallest absolute Gasteiger partial charge is 0.312 e. The van der Waals surface area contributed by atoms with Crippen molar-refractivity contribution in [2.75, 3.05) is 11.9 Å². The Labute approximate surface area is 132 Å². The summed E-state index contributed by atoms with van der Waals surface area (Å²) in [5.41, 5.74) is 0.726. The molecule has 2 rings (SSSR count). The van der Waals surface area contributed by atoms with Gasteiger partial charge in [0.05, 0.1) is 4.92 Å². The predicted molar refractivity (Wildman–Crippen MR) is 85.7 cm³/mol. The molecule has 1 atom stereocenters. The van der Waals surface area contributed by atoms with Crippen molar-refractivity contribution in [3.63, 3.8) is 0 Å². The number of sulfonamides is 1. The number of nitro benzene ring substituents is 1. The van der Waals surface area contributed by atoms with Gasteiger partial charge in [-0.15, -0.1) is 0 Å². The quantitative estimate of drug-likeness (QED) is 0.619. The highest BCUT2D eigenvalue weighted by molar-refractivity contribution is 7.89. The fourth-order valence-electron chi connectivity index (χ4n) is 2.02. The monoisotopic (exact) mass is 341 g/mol. The zero-order valence-corrected chi connectivity index (χ0v) is 13.4. The minimum Gasteiger partial charge on any atom is -0.379 e. The van der Waals surface area contributed by atoms with Crippen LogP contribution in [0.3, 0.4) is 0 Å². The van der Waals surface area contributed by atoms with Crippen molar-refractivity contribution in [2.45, 2.75) is 17.7 Å². The molecule has 0 bridgehead atoms. The Bertz CT molecular complexity index is 773. The first-order valence-corrected chi connectivity index (χ1v) is 8.85. The Morgan fingerprint density at radius 2 is 2.14 bits per heavy atom. The first-order valence-electron chi connectivity index (χ1n) is 6.37. The molecule has 1 unspecified atom stereocenters. The molecule has 0 aliphatic carbocycles. The number of thiophene rings is 1. The number of nitrogens with two attached hydrogens (primary N) is 1. The summed E-state index contributed by atoms with van der Waals surface area (Å²) < 4.78 is 23.0. The van der Waals surface area contributed by atoms with Gasteiger partial charge in [-0.3, -0.25) is 10.1 Å². The van der Waals surface area contributed by atoms with Gasteiger partial charge in [-0.05, 0) is 40.4 Å². The van der Waals surface area contributed by atoms with Gasteiger partial charge >= 0.3 is 5.69 Å². The maximum absolute atomic E-state index is 11.5. The third kappa shape index (κ3) is 3.62. The van der Waals surface area contributed by atoms with Gasteiger partial charge in [0.25, 0.3) is 0 Å². The maximum Gasteiger partial charge on any atom is 0.312 e. The molecule has 3 N–H and O–H groups in total. The Kier molecular flexibility index (Phi) is 4.79. The number of para-hydroxylation sites is 1. The number of primary sulfonamides is 1. The third-order valence-corrected chi connectivity index (χ3v) is 4.84. The zero-order valence-electron chi connectivity index (χ0n) is 11.7. The van der Waals surface area contributed by atoms with Crippen molar-refractivity contribution in [1.29, 1.82) is 0 Å². The van der Waals surface area contributed by atoms with E-state index >= 15 is 0 Å². The Morgan fingerprint density at radius 1 is 1.41 bits per heavy atom. The molecule has 1 aromatic carbocycles. The van der Waals surface area contributed by atoms with Gasteiger partial charge in [0, 0.05) is 6.54 Å². The van der Waals surface area contributed by atoms with Crippen LogP contribution >= 0.6 is 11.3 Å².